The van der Waals surface area contributed by atoms with E-state index in [-0.39, 0.29) is 23.5 Å². The first-order valence-corrected chi connectivity index (χ1v) is 8.78. The van der Waals surface area contributed by atoms with Gasteiger partial charge in [-0.1, -0.05) is 4.98 Å². The van der Waals surface area contributed by atoms with E-state index >= 15 is 0 Å². The van der Waals surface area contributed by atoms with E-state index in [9.17, 15) is 34.8 Å². The number of ketones is 2. The van der Waals surface area contributed by atoms with Crippen LogP contribution >= 0.6 is 0 Å². The number of H-pyrrole nitrogens is 1. The molecule has 29 heavy (non-hydrogen) atoms. The van der Waals surface area contributed by atoms with Crippen molar-refractivity contribution in [1.82, 2.24) is 14.5 Å². The molecule has 0 saturated carbocycles. The van der Waals surface area contributed by atoms with Crippen molar-refractivity contribution in [1.29, 1.82) is 0 Å². The Morgan fingerprint density at radius 1 is 1.41 bits per heavy atom. The van der Waals surface area contributed by atoms with Crippen molar-refractivity contribution in [2.75, 3.05) is 11.9 Å². The van der Waals surface area contributed by atoms with E-state index < -0.39 is 54.6 Å². The maximum absolute atomic E-state index is 12.6. The van der Waals surface area contributed by atoms with Crippen LogP contribution in [-0.4, -0.2) is 71.6 Å². The minimum absolute atomic E-state index is 0.0388. The first-order chi connectivity index (χ1) is 13.6. The number of aromatic nitrogens is 4. The summed E-state index contributed by atoms with van der Waals surface area (Å²) in [6, 6.07) is 0. The summed E-state index contributed by atoms with van der Waals surface area (Å²) in [6.07, 6.45) is -4.69. The van der Waals surface area contributed by atoms with Gasteiger partial charge in [-0.25, -0.2) is 9.13 Å². The first kappa shape index (κ1) is 21.0. The summed E-state index contributed by atoms with van der Waals surface area (Å²) in [7, 11) is 0. The summed E-state index contributed by atoms with van der Waals surface area (Å²) in [6.45, 7) is 1.84. The highest BCUT2D eigenvalue weighted by molar-refractivity contribution is 5.82. The maximum Gasteiger partial charge on any atom is 0.313 e. The summed E-state index contributed by atoms with van der Waals surface area (Å²) in [5.74, 6) is -1.48. The van der Waals surface area contributed by atoms with Crippen LogP contribution in [0.1, 0.15) is 32.7 Å². The second kappa shape index (κ2) is 7.96. The van der Waals surface area contributed by atoms with Crippen LogP contribution in [0.3, 0.4) is 0 Å². The smallest absolute Gasteiger partial charge is 0.313 e. The number of aliphatic hydroxyl groups is 4. The lowest BCUT2D eigenvalue weighted by atomic mass is 10.2. The summed E-state index contributed by atoms with van der Waals surface area (Å²) >= 11 is 0. The minimum Gasteiger partial charge on any atom is -0.394 e. The van der Waals surface area contributed by atoms with Gasteiger partial charge in [-0.15, -0.1) is 0 Å². The first-order valence-electron chi connectivity index (χ1n) is 8.78. The van der Waals surface area contributed by atoms with Crippen molar-refractivity contribution in [3.63, 3.8) is 0 Å². The van der Waals surface area contributed by atoms with Crippen molar-refractivity contribution in [3.8, 4) is 0 Å². The maximum atomic E-state index is 12.6. The second-order valence-electron chi connectivity index (χ2n) is 6.77. The number of hydrogen-bond donors (Lipinski definition) is 6. The van der Waals surface area contributed by atoms with Crippen molar-refractivity contribution in [2.45, 2.75) is 51.2 Å². The van der Waals surface area contributed by atoms with E-state index in [0.717, 1.165) is 18.4 Å². The molecule has 2 aromatic rings. The molecule has 0 amide bonds. The van der Waals surface area contributed by atoms with Gasteiger partial charge in [-0.05, 0) is 6.92 Å². The van der Waals surface area contributed by atoms with Crippen LogP contribution in [0.5, 0.6) is 0 Å². The number of imidazole rings is 1. The van der Waals surface area contributed by atoms with Gasteiger partial charge in [0.25, 0.3) is 11.5 Å². The zero-order valence-corrected chi connectivity index (χ0v) is 15.6. The standard InChI is InChI=1S/C16H21N5O8/c1-6(23)13(26)18-16-17-12-11(14(27)19-16)21(15(28)7(2)24)5-20(12)10-3-8(25)9(4-22)29-10/h5,8-10,13,15,22,25-26,28H,3-4H2,1-2H3,(H-,17,18,19,27)/p+1/t8-,9+,10+,13-,15-/m0/s1. The van der Waals surface area contributed by atoms with Gasteiger partial charge in [-0.2, -0.15) is 0 Å². The lowest BCUT2D eigenvalue weighted by molar-refractivity contribution is -0.739. The van der Waals surface area contributed by atoms with Crippen molar-refractivity contribution >= 4 is 28.7 Å². The van der Waals surface area contributed by atoms with Crippen molar-refractivity contribution < 1.29 is 39.3 Å². The molecular weight excluding hydrogens is 390 g/mol. The zero-order chi connectivity index (χ0) is 21.5. The van der Waals surface area contributed by atoms with Gasteiger partial charge in [0.15, 0.2) is 30.3 Å². The predicted molar refractivity (Wildman–Crippen MR) is 94.4 cm³/mol. The molecule has 3 heterocycles. The molecule has 158 valence electrons. The van der Waals surface area contributed by atoms with Gasteiger partial charge in [0.05, 0.1) is 12.7 Å². The molecule has 0 bridgehead atoms. The third kappa shape index (κ3) is 3.90. The number of nitrogens with zero attached hydrogens (tertiary/aromatic N) is 3. The molecule has 0 radical (unpaired) electrons. The Labute approximate surface area is 163 Å². The molecule has 13 heteroatoms. The Morgan fingerprint density at radius 2 is 2.10 bits per heavy atom. The molecule has 0 unspecified atom stereocenters. The summed E-state index contributed by atoms with van der Waals surface area (Å²) in [5, 5.41) is 41.5. The largest absolute Gasteiger partial charge is 0.394 e. The van der Waals surface area contributed by atoms with Gasteiger partial charge in [0.2, 0.25) is 11.7 Å². The zero-order valence-electron chi connectivity index (χ0n) is 15.6. The van der Waals surface area contributed by atoms with Crippen LogP contribution in [0.2, 0.25) is 0 Å². The number of anilines is 1. The van der Waals surface area contributed by atoms with Crippen LogP contribution in [0.4, 0.5) is 5.95 Å². The topological polar surface area (TPSA) is 191 Å². The van der Waals surface area contributed by atoms with Gasteiger partial charge in [0.1, 0.15) is 6.10 Å². The number of aromatic amines is 1. The molecule has 13 nitrogen and oxygen atoms in total. The van der Waals surface area contributed by atoms with Gasteiger partial charge in [-0.3, -0.25) is 19.4 Å². The van der Waals surface area contributed by atoms with Crippen LogP contribution < -0.4 is 15.4 Å². The predicted octanol–water partition coefficient (Wildman–Crippen LogP) is -2.95. The third-order valence-electron chi connectivity index (χ3n) is 4.61. The minimum atomic E-state index is -1.68. The number of hydrogen-bond acceptors (Lipinski definition) is 10. The average molecular weight is 412 g/mol. The second-order valence-corrected chi connectivity index (χ2v) is 6.77. The fourth-order valence-corrected chi connectivity index (χ4v) is 3.06. The molecule has 0 spiro atoms. The number of aliphatic hydroxyl groups excluding tert-OH is 4. The quantitative estimate of drug-likeness (QED) is 0.202. The van der Waals surface area contributed by atoms with Crippen LogP contribution in [0.25, 0.3) is 11.2 Å². The van der Waals surface area contributed by atoms with Crippen LogP contribution in [0.15, 0.2) is 11.1 Å². The van der Waals surface area contributed by atoms with Crippen molar-refractivity contribution in [2.24, 2.45) is 0 Å². The number of nitrogens with one attached hydrogen (secondary N) is 2. The Balaban J connectivity index is 2.16. The fourth-order valence-electron chi connectivity index (χ4n) is 3.06. The molecule has 1 saturated heterocycles. The molecule has 3 rings (SSSR count). The molecule has 0 aliphatic carbocycles. The molecule has 5 atom stereocenters. The summed E-state index contributed by atoms with van der Waals surface area (Å²) < 4.78 is 7.89. The number of ether oxygens (including phenoxy) is 1. The Bertz CT molecular complexity index is 1000. The summed E-state index contributed by atoms with van der Waals surface area (Å²) in [4.78, 5) is 42.0. The van der Waals surface area contributed by atoms with Gasteiger partial charge in [0, 0.05) is 13.3 Å². The molecule has 1 fully saturated rings. The van der Waals surface area contributed by atoms with Crippen LogP contribution in [-0.2, 0) is 14.3 Å². The van der Waals surface area contributed by atoms with Gasteiger partial charge < -0.3 is 30.5 Å². The SMILES string of the molecule is CC(=O)[C@H](O)Nc1nc2c(c(=O)[nH]1)n([C@@H](O)C(C)=O)c[n+]2[C@H]1C[C@H](O)[C@@H](CO)O1. The average Bonchev–Trinajstić information content (AvgIpc) is 3.21. The monoisotopic (exact) mass is 412 g/mol. The van der Waals surface area contributed by atoms with Gasteiger partial charge >= 0.3 is 5.65 Å². The highest BCUT2D eigenvalue weighted by Gasteiger charge is 2.40. The molecule has 6 N–H and O–H groups in total. The van der Waals surface area contributed by atoms with Crippen molar-refractivity contribution in [3.05, 3.63) is 16.7 Å². The molecule has 0 aromatic carbocycles. The normalized spacial score (nSPS) is 23.9. The lowest BCUT2D eigenvalue weighted by Crippen LogP contribution is -2.40. The molecule has 1 aliphatic heterocycles. The molecule has 1 aliphatic rings. The number of carbonyl (C=O) groups excluding carboxylic acids is 2. The Morgan fingerprint density at radius 3 is 2.66 bits per heavy atom. The van der Waals surface area contributed by atoms with E-state index in [4.69, 9.17) is 4.74 Å². The highest BCUT2D eigenvalue weighted by Crippen LogP contribution is 2.26. The third-order valence-corrected chi connectivity index (χ3v) is 4.61. The van der Waals surface area contributed by atoms with E-state index in [2.05, 4.69) is 15.3 Å². The fraction of sp³-hybridized carbons (Fsp3) is 0.562. The van der Waals surface area contributed by atoms with E-state index in [1.807, 2.05) is 0 Å². The highest BCUT2D eigenvalue weighted by atomic mass is 16.5. The lowest BCUT2D eigenvalue weighted by Gasteiger charge is -2.10. The van der Waals surface area contributed by atoms with E-state index in [1.165, 1.54) is 10.9 Å². The number of Topliss-reactive ketones (excluding diaryl/α,β-unsaturated/α-hetero) is 2. The number of fused-ring (bicyclic) bond motifs is 1. The molecule has 2 aromatic heterocycles. The number of carbonyl (C=O) groups is 2. The Hall–Kier alpha value is -2.71. The van der Waals surface area contributed by atoms with E-state index in [0.29, 0.717) is 0 Å². The molecular formula is C16H22N5O8+. The Kier molecular flexibility index (Phi) is 5.77. The van der Waals surface area contributed by atoms with E-state index in [1.54, 1.807) is 0 Å². The van der Waals surface area contributed by atoms with Crippen LogP contribution in [0, 0.1) is 0 Å². The number of rotatable bonds is 7. The summed E-state index contributed by atoms with van der Waals surface area (Å²) in [5.41, 5.74) is -0.964.